The maximum atomic E-state index is 13.7. The van der Waals surface area contributed by atoms with Crippen LogP contribution in [0.25, 0.3) is 11.1 Å². The van der Waals surface area contributed by atoms with E-state index in [1.54, 1.807) is 35.0 Å². The number of carbonyl (C=O) groups excluding carboxylic acids is 3. The number of benzene rings is 5. The van der Waals surface area contributed by atoms with Gasteiger partial charge in [-0.2, -0.15) is 0 Å². The molecule has 9 nitrogen and oxygen atoms in total. The monoisotopic (exact) mass is 728 g/mol. The summed E-state index contributed by atoms with van der Waals surface area (Å²) in [5.41, 5.74) is 6.06. The topological polar surface area (TPSA) is 112 Å². The fraction of sp³-hybridized carbons (Fsp3) is 0.267. The van der Waals surface area contributed by atoms with Crippen molar-refractivity contribution < 1.29 is 33.4 Å². The normalized spacial score (nSPS) is 11.9. The molecule has 0 aliphatic heterocycles. The first-order valence-corrected chi connectivity index (χ1v) is 18.0. The number of rotatable bonds is 16. The number of hydroxylamine groups is 1. The summed E-state index contributed by atoms with van der Waals surface area (Å²) in [7, 11) is 3.20. The molecule has 2 N–H and O–H groups in total. The van der Waals surface area contributed by atoms with Gasteiger partial charge in [0.2, 0.25) is 11.8 Å². The Morgan fingerprint density at radius 3 is 1.65 bits per heavy atom. The van der Waals surface area contributed by atoms with Crippen LogP contribution in [0, 0.1) is 5.92 Å². The molecule has 0 aromatic heterocycles. The minimum Gasteiger partial charge on any atom is -0.493 e. The Labute approximate surface area is 317 Å². The maximum Gasteiger partial charge on any atom is 0.307 e. The molecule has 5 aromatic rings. The highest BCUT2D eigenvalue weighted by Gasteiger charge is 2.39. The number of methoxy groups -OCH3 is 2. The zero-order valence-electron chi connectivity index (χ0n) is 31.5. The lowest BCUT2D eigenvalue weighted by Crippen LogP contribution is -2.42. The number of carbonyl (C=O) groups is 3. The van der Waals surface area contributed by atoms with Crippen LogP contribution < -0.4 is 20.3 Å². The van der Waals surface area contributed by atoms with E-state index in [4.69, 9.17) is 19.0 Å². The molecule has 5 rings (SSSR count). The van der Waals surface area contributed by atoms with Crippen LogP contribution in [-0.4, -0.2) is 44.1 Å². The van der Waals surface area contributed by atoms with Crippen LogP contribution in [0.2, 0.25) is 0 Å². The molecule has 0 saturated heterocycles. The number of nitrogens with one attached hydrogen (secondary N) is 2. The first-order valence-electron chi connectivity index (χ1n) is 18.0. The predicted octanol–water partition coefficient (Wildman–Crippen LogP) is 7.81. The first-order chi connectivity index (χ1) is 26.0. The van der Waals surface area contributed by atoms with Crippen LogP contribution in [0.15, 0.2) is 133 Å². The molecule has 0 heterocycles. The van der Waals surface area contributed by atoms with Gasteiger partial charge in [0.25, 0.3) is 0 Å². The van der Waals surface area contributed by atoms with Crippen LogP contribution in [-0.2, 0) is 36.0 Å². The highest BCUT2D eigenvalue weighted by molar-refractivity contribution is 5.88. The summed E-state index contributed by atoms with van der Waals surface area (Å²) in [5, 5.41) is 2.93. The van der Waals surface area contributed by atoms with E-state index in [1.807, 2.05) is 133 Å². The molecule has 2 amide bonds. The van der Waals surface area contributed by atoms with Gasteiger partial charge in [0, 0.05) is 13.0 Å². The van der Waals surface area contributed by atoms with Gasteiger partial charge in [0.15, 0.2) is 17.1 Å². The van der Waals surface area contributed by atoms with E-state index < -0.39 is 34.9 Å². The summed E-state index contributed by atoms with van der Waals surface area (Å²) >= 11 is 0. The second kappa shape index (κ2) is 18.2. The zero-order chi connectivity index (χ0) is 38.6. The van der Waals surface area contributed by atoms with E-state index in [2.05, 4.69) is 10.8 Å². The second-order valence-electron chi connectivity index (χ2n) is 13.9. The lowest BCUT2D eigenvalue weighted by Gasteiger charge is -2.35. The van der Waals surface area contributed by atoms with E-state index in [0.29, 0.717) is 24.5 Å². The van der Waals surface area contributed by atoms with Crippen molar-refractivity contribution in [3.05, 3.63) is 156 Å². The third-order valence-corrected chi connectivity index (χ3v) is 8.88. The van der Waals surface area contributed by atoms with Crippen LogP contribution >= 0.6 is 0 Å². The number of hydrogen-bond acceptors (Lipinski definition) is 7. The molecule has 0 aliphatic carbocycles. The van der Waals surface area contributed by atoms with Gasteiger partial charge in [-0.1, -0.05) is 121 Å². The molecule has 5 aromatic carbocycles. The molecule has 0 saturated carbocycles. The number of amides is 2. The summed E-state index contributed by atoms with van der Waals surface area (Å²) in [6, 6.07) is 42.6. The first kappa shape index (κ1) is 39.3. The van der Waals surface area contributed by atoms with Crippen molar-refractivity contribution in [2.45, 2.75) is 51.2 Å². The molecule has 0 spiro atoms. The highest BCUT2D eigenvalue weighted by Crippen LogP contribution is 2.40. The van der Waals surface area contributed by atoms with Gasteiger partial charge >= 0.3 is 5.97 Å². The van der Waals surface area contributed by atoms with Crippen molar-refractivity contribution in [1.82, 2.24) is 10.8 Å². The molecule has 0 radical (unpaired) electrons. The Kier molecular flexibility index (Phi) is 13.2. The highest BCUT2D eigenvalue weighted by atomic mass is 16.7. The molecule has 9 heteroatoms. The number of esters is 1. The van der Waals surface area contributed by atoms with Gasteiger partial charge < -0.3 is 19.5 Å². The summed E-state index contributed by atoms with van der Waals surface area (Å²) < 4.78 is 16.3. The van der Waals surface area contributed by atoms with Gasteiger partial charge in [-0.3, -0.25) is 19.2 Å². The quantitative estimate of drug-likeness (QED) is 0.0606. The van der Waals surface area contributed by atoms with Crippen LogP contribution in [0.5, 0.6) is 11.5 Å². The fourth-order valence-corrected chi connectivity index (χ4v) is 6.29. The average molecular weight is 729 g/mol. The Bertz CT molecular complexity index is 1880. The minimum absolute atomic E-state index is 0.280. The lowest BCUT2D eigenvalue weighted by atomic mass is 9.80. The van der Waals surface area contributed by atoms with E-state index in [9.17, 15) is 14.4 Å². The molecule has 1 unspecified atom stereocenters. The molecule has 0 aliphatic rings. The van der Waals surface area contributed by atoms with Crippen molar-refractivity contribution in [2.75, 3.05) is 20.8 Å². The average Bonchev–Trinajstić information content (AvgIpc) is 3.18. The molecule has 280 valence electrons. The standard InChI is InChI=1S/C45H48N2O7/c1-44(2,3)53-42(49)31-35(43(50)46-28-27-32-21-23-33(24-22-32)34-25-26-39(51-4)40(29-34)52-5)30-41(48)47-54-45(36-15-9-6-10-16-36,37-17-11-7-12-18-37)38-19-13-8-14-20-38/h6-26,29,35H,27-28,30-31H2,1-5H3,(H,46,50)(H,47,48). The molecule has 0 fully saturated rings. The molecule has 0 bridgehead atoms. The summed E-state index contributed by atoms with van der Waals surface area (Å²) in [5.74, 6) is -1.27. The zero-order valence-corrected chi connectivity index (χ0v) is 31.5. The van der Waals surface area contributed by atoms with E-state index in [-0.39, 0.29) is 12.8 Å². The smallest absolute Gasteiger partial charge is 0.307 e. The largest absolute Gasteiger partial charge is 0.493 e. The van der Waals surface area contributed by atoms with Gasteiger partial charge in [-0.05, 0) is 72.7 Å². The van der Waals surface area contributed by atoms with Gasteiger partial charge in [-0.15, -0.1) is 0 Å². The number of hydrogen-bond donors (Lipinski definition) is 2. The predicted molar refractivity (Wildman–Crippen MR) is 209 cm³/mol. The Morgan fingerprint density at radius 1 is 0.630 bits per heavy atom. The molecule has 54 heavy (non-hydrogen) atoms. The van der Waals surface area contributed by atoms with Crippen molar-refractivity contribution in [3.8, 4) is 22.6 Å². The van der Waals surface area contributed by atoms with E-state index in [0.717, 1.165) is 33.4 Å². The molecule has 1 atom stereocenters. The van der Waals surface area contributed by atoms with Crippen molar-refractivity contribution >= 4 is 17.8 Å². The second-order valence-corrected chi connectivity index (χ2v) is 13.9. The third kappa shape index (κ3) is 10.1. The maximum absolute atomic E-state index is 13.7. The van der Waals surface area contributed by atoms with E-state index >= 15 is 0 Å². The fourth-order valence-electron chi connectivity index (χ4n) is 6.29. The minimum atomic E-state index is -1.21. The summed E-state index contributed by atoms with van der Waals surface area (Å²) in [4.78, 5) is 46.8. The molecular weight excluding hydrogens is 681 g/mol. The number of ether oxygens (including phenoxy) is 3. The van der Waals surface area contributed by atoms with Gasteiger partial charge in [-0.25, -0.2) is 5.48 Å². The van der Waals surface area contributed by atoms with Crippen LogP contribution in [0.4, 0.5) is 0 Å². The Balaban J connectivity index is 1.29. The summed E-state index contributed by atoms with van der Waals surface area (Å²) in [6.07, 6.45) is -0.0442. The Morgan fingerprint density at radius 2 is 1.15 bits per heavy atom. The molecular formula is C45H48N2O7. The van der Waals surface area contributed by atoms with E-state index in [1.165, 1.54) is 0 Å². The lowest BCUT2D eigenvalue weighted by molar-refractivity contribution is -0.158. The van der Waals surface area contributed by atoms with Gasteiger partial charge in [0.1, 0.15) is 5.60 Å². The van der Waals surface area contributed by atoms with Crippen molar-refractivity contribution in [1.29, 1.82) is 0 Å². The SMILES string of the molecule is COc1ccc(-c2ccc(CCNC(=O)C(CC(=O)NOC(c3ccccc3)(c3ccccc3)c3ccccc3)CC(=O)OC(C)(C)C)cc2)cc1OC. The Hall–Kier alpha value is -5.93. The van der Waals surface area contributed by atoms with Crippen molar-refractivity contribution in [3.63, 3.8) is 0 Å². The summed E-state index contributed by atoms with van der Waals surface area (Å²) in [6.45, 7) is 5.57. The van der Waals surface area contributed by atoms with Gasteiger partial charge in [0.05, 0.1) is 26.6 Å². The van der Waals surface area contributed by atoms with Crippen molar-refractivity contribution in [2.24, 2.45) is 5.92 Å². The van der Waals surface area contributed by atoms with Crippen LogP contribution in [0.1, 0.15) is 55.9 Å². The van der Waals surface area contributed by atoms with Crippen LogP contribution in [0.3, 0.4) is 0 Å². The third-order valence-electron chi connectivity index (χ3n) is 8.88.